The lowest BCUT2D eigenvalue weighted by Crippen LogP contribution is -2.33. The maximum Gasteiger partial charge on any atom is 0.157 e. The van der Waals surface area contributed by atoms with E-state index in [-0.39, 0.29) is 11.5 Å². The van der Waals surface area contributed by atoms with Crippen LogP contribution in [0.5, 0.6) is 0 Å². The molecule has 0 saturated carbocycles. The van der Waals surface area contributed by atoms with E-state index in [0.29, 0.717) is 12.6 Å². The molecule has 0 fully saturated rings. The molecule has 0 aromatic carbocycles. The molecule has 1 aromatic heterocycles. The Kier molecular flexibility index (Phi) is 4.21. The van der Waals surface area contributed by atoms with Gasteiger partial charge in [-0.3, -0.25) is 0 Å². The van der Waals surface area contributed by atoms with Crippen LogP contribution >= 0.6 is 0 Å². The van der Waals surface area contributed by atoms with Crippen molar-refractivity contribution < 1.29 is 4.74 Å². The van der Waals surface area contributed by atoms with Gasteiger partial charge in [-0.05, 0) is 39.2 Å². The molecule has 1 aromatic rings. The summed E-state index contributed by atoms with van der Waals surface area (Å²) in [6.45, 7) is 9.29. The van der Waals surface area contributed by atoms with Crippen LogP contribution in [0.4, 0.5) is 0 Å². The van der Waals surface area contributed by atoms with Crippen molar-refractivity contribution in [2.45, 2.75) is 52.7 Å². The zero-order chi connectivity index (χ0) is 14.0. The number of ether oxygens (including phenoxy) is 1. The van der Waals surface area contributed by atoms with Gasteiger partial charge in [-0.2, -0.15) is 0 Å². The maximum absolute atomic E-state index is 5.58. The number of aromatic nitrogens is 2. The molecule has 1 heterocycles. The second-order valence-electron chi connectivity index (χ2n) is 6.11. The molecule has 2 unspecified atom stereocenters. The van der Waals surface area contributed by atoms with Gasteiger partial charge in [-0.15, -0.1) is 0 Å². The molecule has 1 N–H and O–H groups in total. The molecule has 1 aliphatic carbocycles. The third-order valence-corrected chi connectivity index (χ3v) is 3.83. The smallest absolute Gasteiger partial charge is 0.157 e. The highest BCUT2D eigenvalue weighted by Gasteiger charge is 2.33. The molecule has 0 amide bonds. The topological polar surface area (TPSA) is 47.0 Å². The lowest BCUT2D eigenvalue weighted by atomic mass is 9.74. The van der Waals surface area contributed by atoms with Crippen LogP contribution in [-0.4, -0.2) is 23.6 Å². The zero-order valence-corrected chi connectivity index (χ0v) is 12.7. The summed E-state index contributed by atoms with van der Waals surface area (Å²) in [5.41, 5.74) is 2.70. The Labute approximate surface area is 116 Å². The SMILES string of the molecule is CCOC(C)c1ncc2c(n1)CC(C)(C)CC2NC. The molecule has 4 heteroatoms. The number of hydrogen-bond donors (Lipinski definition) is 1. The maximum atomic E-state index is 5.58. The van der Waals surface area contributed by atoms with E-state index in [1.54, 1.807) is 0 Å². The van der Waals surface area contributed by atoms with E-state index in [0.717, 1.165) is 18.7 Å². The second-order valence-corrected chi connectivity index (χ2v) is 6.11. The summed E-state index contributed by atoms with van der Waals surface area (Å²) >= 11 is 0. The van der Waals surface area contributed by atoms with Crippen molar-refractivity contribution in [2.75, 3.05) is 13.7 Å². The Morgan fingerprint density at radius 2 is 2.26 bits per heavy atom. The number of hydrogen-bond acceptors (Lipinski definition) is 4. The van der Waals surface area contributed by atoms with Gasteiger partial charge in [0.05, 0.1) is 0 Å². The summed E-state index contributed by atoms with van der Waals surface area (Å²) in [5, 5.41) is 3.38. The molecular weight excluding hydrogens is 238 g/mol. The van der Waals surface area contributed by atoms with Gasteiger partial charge in [-0.1, -0.05) is 13.8 Å². The summed E-state index contributed by atoms with van der Waals surface area (Å²) in [5.74, 6) is 0.799. The van der Waals surface area contributed by atoms with Crippen LogP contribution in [0.25, 0.3) is 0 Å². The van der Waals surface area contributed by atoms with Crippen LogP contribution in [0, 0.1) is 5.41 Å². The van der Waals surface area contributed by atoms with E-state index < -0.39 is 0 Å². The highest BCUT2D eigenvalue weighted by Crippen LogP contribution is 2.39. The molecule has 2 rings (SSSR count). The average molecular weight is 263 g/mol. The Morgan fingerprint density at radius 1 is 1.53 bits per heavy atom. The van der Waals surface area contributed by atoms with Gasteiger partial charge in [0.25, 0.3) is 0 Å². The third kappa shape index (κ3) is 3.12. The number of rotatable bonds is 4. The van der Waals surface area contributed by atoms with E-state index in [2.05, 4.69) is 24.1 Å². The molecule has 106 valence electrons. The standard InChI is InChI=1S/C15H25N3O/c1-6-19-10(2)14-17-9-11-12(16-5)7-15(3,4)8-13(11)18-14/h9-10,12,16H,6-8H2,1-5H3. The van der Waals surface area contributed by atoms with Gasteiger partial charge >= 0.3 is 0 Å². The first-order valence-electron chi connectivity index (χ1n) is 7.11. The number of fused-ring (bicyclic) bond motifs is 1. The monoisotopic (exact) mass is 263 g/mol. The summed E-state index contributed by atoms with van der Waals surface area (Å²) in [6.07, 6.45) is 4.08. The molecule has 0 aliphatic heterocycles. The molecule has 0 saturated heterocycles. The van der Waals surface area contributed by atoms with Crippen LogP contribution < -0.4 is 5.32 Å². The van der Waals surface area contributed by atoms with Gasteiger partial charge in [0.15, 0.2) is 5.82 Å². The van der Waals surface area contributed by atoms with E-state index in [4.69, 9.17) is 9.72 Å². The van der Waals surface area contributed by atoms with E-state index in [9.17, 15) is 0 Å². The largest absolute Gasteiger partial charge is 0.371 e. The molecule has 0 radical (unpaired) electrons. The van der Waals surface area contributed by atoms with E-state index in [1.165, 1.54) is 11.3 Å². The van der Waals surface area contributed by atoms with Gasteiger partial charge < -0.3 is 10.1 Å². The Hall–Kier alpha value is -1.00. The minimum Gasteiger partial charge on any atom is -0.371 e. The number of nitrogens with zero attached hydrogens (tertiary/aromatic N) is 2. The van der Waals surface area contributed by atoms with Crippen molar-refractivity contribution in [3.05, 3.63) is 23.3 Å². The molecule has 0 spiro atoms. The van der Waals surface area contributed by atoms with Crippen LogP contribution in [0.15, 0.2) is 6.20 Å². The first kappa shape index (κ1) is 14.4. The summed E-state index contributed by atoms with van der Waals surface area (Å²) in [7, 11) is 2.01. The van der Waals surface area contributed by atoms with Gasteiger partial charge in [0.1, 0.15) is 6.10 Å². The lowest BCUT2D eigenvalue weighted by Gasteiger charge is -2.36. The normalized spacial score (nSPS) is 22.9. The molecule has 4 nitrogen and oxygen atoms in total. The Balaban J connectivity index is 2.33. The summed E-state index contributed by atoms with van der Waals surface area (Å²) in [6, 6.07) is 0.357. The fourth-order valence-corrected chi connectivity index (χ4v) is 2.84. The van der Waals surface area contributed by atoms with Crippen LogP contribution in [0.1, 0.15) is 63.3 Å². The lowest BCUT2D eigenvalue weighted by molar-refractivity contribution is 0.0695. The summed E-state index contributed by atoms with van der Waals surface area (Å²) < 4.78 is 5.58. The first-order valence-corrected chi connectivity index (χ1v) is 7.11. The van der Waals surface area contributed by atoms with Gasteiger partial charge in [0, 0.05) is 30.1 Å². The van der Waals surface area contributed by atoms with Crippen molar-refractivity contribution in [1.82, 2.24) is 15.3 Å². The van der Waals surface area contributed by atoms with Crippen LogP contribution in [0.3, 0.4) is 0 Å². The van der Waals surface area contributed by atoms with Crippen molar-refractivity contribution in [2.24, 2.45) is 5.41 Å². The third-order valence-electron chi connectivity index (χ3n) is 3.83. The van der Waals surface area contributed by atoms with Crippen molar-refractivity contribution in [3.8, 4) is 0 Å². The molecule has 19 heavy (non-hydrogen) atoms. The van der Waals surface area contributed by atoms with Crippen LogP contribution in [0.2, 0.25) is 0 Å². The zero-order valence-electron chi connectivity index (χ0n) is 12.7. The fraction of sp³-hybridized carbons (Fsp3) is 0.733. The molecule has 2 atom stereocenters. The van der Waals surface area contributed by atoms with Crippen molar-refractivity contribution >= 4 is 0 Å². The Morgan fingerprint density at radius 3 is 2.89 bits per heavy atom. The van der Waals surface area contributed by atoms with E-state index >= 15 is 0 Å². The highest BCUT2D eigenvalue weighted by atomic mass is 16.5. The number of nitrogens with one attached hydrogen (secondary N) is 1. The fourth-order valence-electron chi connectivity index (χ4n) is 2.84. The minimum absolute atomic E-state index is 0.0339. The Bertz CT molecular complexity index is 445. The highest BCUT2D eigenvalue weighted by molar-refractivity contribution is 5.27. The van der Waals surface area contributed by atoms with E-state index in [1.807, 2.05) is 27.1 Å². The van der Waals surface area contributed by atoms with Crippen molar-refractivity contribution in [1.29, 1.82) is 0 Å². The molecule has 1 aliphatic rings. The summed E-state index contributed by atoms with van der Waals surface area (Å²) in [4.78, 5) is 9.23. The van der Waals surface area contributed by atoms with Crippen molar-refractivity contribution in [3.63, 3.8) is 0 Å². The second kappa shape index (κ2) is 5.55. The minimum atomic E-state index is -0.0339. The van der Waals surface area contributed by atoms with Gasteiger partial charge in [-0.25, -0.2) is 9.97 Å². The average Bonchev–Trinajstić information content (AvgIpc) is 2.36. The predicted molar refractivity (Wildman–Crippen MR) is 76.0 cm³/mol. The first-order chi connectivity index (χ1) is 8.96. The predicted octanol–water partition coefficient (Wildman–Crippen LogP) is 2.81. The molecular formula is C15H25N3O. The molecule has 0 bridgehead atoms. The van der Waals surface area contributed by atoms with Crippen LogP contribution in [-0.2, 0) is 11.2 Å². The quantitative estimate of drug-likeness (QED) is 0.907. The van der Waals surface area contributed by atoms with Gasteiger partial charge in [0.2, 0.25) is 0 Å².